The normalized spacial score (nSPS) is 25.1. The largest absolute Gasteiger partial charge is 0.694 e. The van der Waals surface area contributed by atoms with E-state index in [0.29, 0.717) is 0 Å². The van der Waals surface area contributed by atoms with Crippen LogP contribution in [0, 0.1) is 0 Å². The first-order valence-corrected chi connectivity index (χ1v) is 7.62. The Morgan fingerprint density at radius 3 is 2.91 bits per heavy atom. The van der Waals surface area contributed by atoms with Crippen molar-refractivity contribution in [2.24, 2.45) is 0 Å². The Kier molecular flexibility index (Phi) is 4.00. The molecule has 0 aliphatic carbocycles. The van der Waals surface area contributed by atoms with E-state index in [2.05, 4.69) is 19.5 Å². The number of nitrogens with two attached hydrogens (primary N) is 1. The summed E-state index contributed by atoms with van der Waals surface area (Å²) in [5.74, 6) is -0.175. The number of nitrogens with zero attached hydrogens (tertiary/aromatic N) is 2. The van der Waals surface area contributed by atoms with E-state index in [1.54, 1.807) is 0 Å². The summed E-state index contributed by atoms with van der Waals surface area (Å²) in [5, 5.41) is 9.92. The number of aliphatic hydroxyl groups excluding tert-OH is 1. The van der Waals surface area contributed by atoms with Crippen LogP contribution in [0.5, 0.6) is 0 Å². The molecule has 3 rings (SSSR count). The molecule has 0 bridgehead atoms. The summed E-state index contributed by atoms with van der Waals surface area (Å²) in [6.45, 7) is -0.323. The summed E-state index contributed by atoms with van der Waals surface area (Å²) in [4.78, 5) is 40.9. The maximum atomic E-state index is 12.1. The van der Waals surface area contributed by atoms with E-state index in [4.69, 9.17) is 15.4 Å². The predicted molar refractivity (Wildman–Crippen MR) is 75.7 cm³/mol. The Balaban J connectivity index is 1.95. The van der Waals surface area contributed by atoms with Crippen molar-refractivity contribution in [3.8, 4) is 0 Å². The van der Waals surface area contributed by atoms with Gasteiger partial charge in [0, 0.05) is 11.0 Å². The van der Waals surface area contributed by atoms with Gasteiger partial charge in [-0.1, -0.05) is 0 Å². The number of aliphatic hydroxyl groups is 1. The lowest BCUT2D eigenvalue weighted by Gasteiger charge is -2.12. The maximum Gasteiger partial charge on any atom is 0.694 e. The highest BCUT2D eigenvalue weighted by Crippen LogP contribution is 2.30. The molecular weight excluding hydrogens is 333 g/mol. The first-order valence-electron chi connectivity index (χ1n) is 6.49. The zero-order chi connectivity index (χ0) is 16.7. The molecule has 2 aromatic rings. The second kappa shape index (κ2) is 5.83. The minimum atomic E-state index is -2.83. The van der Waals surface area contributed by atoms with E-state index < -0.39 is 37.9 Å². The topological polar surface area (TPSA) is 186 Å². The van der Waals surface area contributed by atoms with Crippen LogP contribution in [0.25, 0.3) is 11.2 Å². The standard InChI is InChI=1S/C10H12N5O7P/c11-9-13-7-6(8(17)14-9)12-10(18)15(7)5-1-3(16)4(22-5)2-21-23(19)20/h3-5,16H,1-2H2,(H4-,11,12,13,14,17,18,19,20)/p+1/t3-,4+,5+/m0/s1. The number of aromatic amines is 2. The van der Waals surface area contributed by atoms with E-state index >= 15 is 0 Å². The van der Waals surface area contributed by atoms with Crippen molar-refractivity contribution in [3.05, 3.63) is 20.8 Å². The summed E-state index contributed by atoms with van der Waals surface area (Å²) in [5.41, 5.74) is 4.12. The predicted octanol–water partition coefficient (Wildman–Crippen LogP) is -1.69. The highest BCUT2D eigenvalue weighted by atomic mass is 31.1. The molecule has 1 fully saturated rings. The molecule has 0 radical (unpaired) electrons. The summed E-state index contributed by atoms with van der Waals surface area (Å²) in [7, 11) is -2.83. The van der Waals surface area contributed by atoms with E-state index in [9.17, 15) is 19.3 Å². The quantitative estimate of drug-likeness (QED) is 0.403. The fourth-order valence-electron chi connectivity index (χ4n) is 2.46. The smallest absolute Gasteiger partial charge is 0.390 e. The number of nitrogen functional groups attached to an aromatic ring is 1. The number of imidazole rings is 1. The van der Waals surface area contributed by atoms with Gasteiger partial charge in [-0.25, -0.2) is 9.36 Å². The van der Waals surface area contributed by atoms with Crippen molar-refractivity contribution in [3.63, 3.8) is 0 Å². The van der Waals surface area contributed by atoms with Gasteiger partial charge in [0.1, 0.15) is 18.9 Å². The number of ether oxygens (including phenoxy) is 1. The molecule has 0 amide bonds. The lowest BCUT2D eigenvalue weighted by Crippen LogP contribution is -2.26. The van der Waals surface area contributed by atoms with Gasteiger partial charge in [0.2, 0.25) is 5.95 Å². The van der Waals surface area contributed by atoms with Crippen LogP contribution < -0.4 is 17.0 Å². The van der Waals surface area contributed by atoms with Crippen molar-refractivity contribution in [1.29, 1.82) is 0 Å². The van der Waals surface area contributed by atoms with Crippen LogP contribution >= 0.6 is 8.25 Å². The van der Waals surface area contributed by atoms with Crippen molar-refractivity contribution in [2.75, 3.05) is 12.3 Å². The first kappa shape index (κ1) is 15.8. The average molecular weight is 346 g/mol. The molecule has 1 aliphatic rings. The van der Waals surface area contributed by atoms with Gasteiger partial charge in [-0.05, 0) is 0 Å². The third-order valence-electron chi connectivity index (χ3n) is 3.44. The first-order chi connectivity index (χ1) is 10.9. The monoisotopic (exact) mass is 346 g/mol. The number of fused-ring (bicyclic) bond motifs is 1. The molecule has 23 heavy (non-hydrogen) atoms. The fraction of sp³-hybridized carbons (Fsp3) is 0.500. The number of H-pyrrole nitrogens is 2. The van der Waals surface area contributed by atoms with E-state index in [-0.39, 0.29) is 30.1 Å². The highest BCUT2D eigenvalue weighted by Gasteiger charge is 2.38. The van der Waals surface area contributed by atoms with Gasteiger partial charge in [-0.15, -0.1) is 9.42 Å². The average Bonchev–Trinajstić information content (AvgIpc) is 2.96. The number of aromatic nitrogens is 4. The SMILES string of the molecule is Nc1nc2c([nH]c(=O)n2[C@H]2C[C@H](O)[C@@H](CO[P+](=O)O)O2)c(=O)[nH]1. The van der Waals surface area contributed by atoms with Crippen LogP contribution in [0.1, 0.15) is 12.6 Å². The van der Waals surface area contributed by atoms with Crippen molar-refractivity contribution >= 4 is 25.4 Å². The Labute approximate surface area is 127 Å². The molecule has 0 spiro atoms. The van der Waals surface area contributed by atoms with Crippen molar-refractivity contribution in [1.82, 2.24) is 19.5 Å². The van der Waals surface area contributed by atoms with E-state index in [1.807, 2.05) is 0 Å². The number of nitrogens with one attached hydrogen (secondary N) is 2. The van der Waals surface area contributed by atoms with Crippen molar-refractivity contribution in [2.45, 2.75) is 24.9 Å². The van der Waals surface area contributed by atoms with Crippen LogP contribution in [0.3, 0.4) is 0 Å². The fourth-order valence-corrected chi connectivity index (χ4v) is 2.73. The van der Waals surface area contributed by atoms with E-state index in [1.165, 1.54) is 0 Å². The molecule has 6 N–H and O–H groups in total. The maximum absolute atomic E-state index is 12.1. The van der Waals surface area contributed by atoms with Crippen molar-refractivity contribution < 1.29 is 23.8 Å². The van der Waals surface area contributed by atoms with Gasteiger partial charge in [0.25, 0.3) is 5.56 Å². The molecule has 1 saturated heterocycles. The Morgan fingerprint density at radius 2 is 2.22 bits per heavy atom. The van der Waals surface area contributed by atoms with Gasteiger partial charge in [-0.3, -0.25) is 14.8 Å². The molecule has 12 nitrogen and oxygen atoms in total. The molecule has 0 aromatic carbocycles. The Bertz CT molecular complexity index is 873. The summed E-state index contributed by atoms with van der Waals surface area (Å²) in [6, 6.07) is 0. The van der Waals surface area contributed by atoms with E-state index in [0.717, 1.165) is 4.57 Å². The molecule has 3 heterocycles. The van der Waals surface area contributed by atoms with Gasteiger partial charge < -0.3 is 15.6 Å². The molecule has 13 heteroatoms. The highest BCUT2D eigenvalue weighted by molar-refractivity contribution is 7.32. The second-order valence-electron chi connectivity index (χ2n) is 4.92. The molecule has 1 aliphatic heterocycles. The minimum absolute atomic E-state index is 0.0109. The molecule has 2 aromatic heterocycles. The third kappa shape index (κ3) is 2.90. The molecule has 124 valence electrons. The van der Waals surface area contributed by atoms with Crippen LogP contribution in [-0.2, 0) is 13.8 Å². The zero-order valence-electron chi connectivity index (χ0n) is 11.5. The summed E-state index contributed by atoms with van der Waals surface area (Å²) in [6.07, 6.45) is -2.84. The summed E-state index contributed by atoms with van der Waals surface area (Å²) >= 11 is 0. The minimum Gasteiger partial charge on any atom is -0.390 e. The van der Waals surface area contributed by atoms with Gasteiger partial charge in [0.15, 0.2) is 11.2 Å². The zero-order valence-corrected chi connectivity index (χ0v) is 12.4. The van der Waals surface area contributed by atoms with Crippen LogP contribution in [0.15, 0.2) is 9.59 Å². The van der Waals surface area contributed by atoms with Crippen LogP contribution in [-0.4, -0.2) is 48.3 Å². The number of rotatable bonds is 4. The number of anilines is 1. The summed E-state index contributed by atoms with van der Waals surface area (Å²) < 4.78 is 21.6. The van der Waals surface area contributed by atoms with Gasteiger partial charge in [0.05, 0.1) is 6.10 Å². The van der Waals surface area contributed by atoms with Gasteiger partial charge in [-0.2, -0.15) is 4.98 Å². The van der Waals surface area contributed by atoms with Crippen LogP contribution in [0.4, 0.5) is 5.95 Å². The number of hydrogen-bond acceptors (Lipinski definition) is 8. The lowest BCUT2D eigenvalue weighted by atomic mass is 10.2. The molecule has 0 saturated carbocycles. The lowest BCUT2D eigenvalue weighted by molar-refractivity contribution is -0.0394. The number of hydrogen-bond donors (Lipinski definition) is 5. The third-order valence-corrected chi connectivity index (χ3v) is 3.81. The molecule has 1 unspecified atom stereocenters. The Morgan fingerprint density at radius 1 is 1.48 bits per heavy atom. The second-order valence-corrected chi connectivity index (χ2v) is 5.65. The molecule has 4 atom stereocenters. The van der Waals surface area contributed by atoms with Crippen LogP contribution in [0.2, 0.25) is 0 Å². The molecular formula is C10H13N5O7P+. The Hall–Kier alpha value is -2.11. The van der Waals surface area contributed by atoms with Gasteiger partial charge >= 0.3 is 13.9 Å².